The number of aromatic nitrogens is 4. The van der Waals surface area contributed by atoms with Crippen molar-refractivity contribution in [2.24, 2.45) is 0 Å². The summed E-state index contributed by atoms with van der Waals surface area (Å²) in [7, 11) is 0. The number of nitrogens with zero attached hydrogens (tertiary/aromatic N) is 3. The standard InChI is InChI=1S/C13H10BrFN4S/c1-7-4-17-8(5-16-7)6-19-12-2-9(14)10(15)3-11(12)18-13(19)20/h2-5H,6H2,1H3,(H,18,20). The molecule has 3 rings (SSSR count). The molecule has 3 aromatic rings. The van der Waals surface area contributed by atoms with Gasteiger partial charge in [-0.1, -0.05) is 0 Å². The molecule has 0 amide bonds. The highest BCUT2D eigenvalue weighted by molar-refractivity contribution is 9.10. The van der Waals surface area contributed by atoms with E-state index in [2.05, 4.69) is 30.9 Å². The molecule has 0 radical (unpaired) electrons. The fourth-order valence-electron chi connectivity index (χ4n) is 1.97. The Kier molecular flexibility index (Phi) is 3.39. The molecule has 1 N–H and O–H groups in total. The molecule has 0 saturated heterocycles. The number of hydrogen-bond donors (Lipinski definition) is 1. The molecule has 0 spiro atoms. The van der Waals surface area contributed by atoms with Crippen molar-refractivity contribution in [2.45, 2.75) is 13.5 Å². The molecule has 102 valence electrons. The Hall–Kier alpha value is -1.60. The lowest BCUT2D eigenvalue weighted by Gasteiger charge is -2.04. The van der Waals surface area contributed by atoms with E-state index in [1.54, 1.807) is 18.5 Å². The number of nitrogens with one attached hydrogen (secondary N) is 1. The third kappa shape index (κ3) is 2.38. The van der Waals surface area contributed by atoms with Gasteiger partial charge in [0.1, 0.15) is 5.82 Å². The minimum atomic E-state index is -0.323. The van der Waals surface area contributed by atoms with Crippen molar-refractivity contribution in [1.82, 2.24) is 19.5 Å². The van der Waals surface area contributed by atoms with Gasteiger partial charge in [-0.15, -0.1) is 0 Å². The maximum absolute atomic E-state index is 13.5. The average Bonchev–Trinajstić information content (AvgIpc) is 2.69. The van der Waals surface area contributed by atoms with Crippen LogP contribution in [0.25, 0.3) is 11.0 Å². The minimum Gasteiger partial charge on any atom is -0.330 e. The van der Waals surface area contributed by atoms with E-state index >= 15 is 0 Å². The molecule has 0 bridgehead atoms. The van der Waals surface area contributed by atoms with Gasteiger partial charge in [-0.2, -0.15) is 0 Å². The Balaban J connectivity index is 2.11. The number of aromatic amines is 1. The summed E-state index contributed by atoms with van der Waals surface area (Å²) in [6, 6.07) is 3.13. The first-order chi connectivity index (χ1) is 9.54. The number of rotatable bonds is 2. The molecule has 0 aliphatic heterocycles. The third-order valence-electron chi connectivity index (χ3n) is 2.97. The number of benzene rings is 1. The highest BCUT2D eigenvalue weighted by Gasteiger charge is 2.09. The molecule has 2 aromatic heterocycles. The van der Waals surface area contributed by atoms with Crippen LogP contribution in [0.4, 0.5) is 4.39 Å². The van der Waals surface area contributed by atoms with Crippen LogP contribution in [0.3, 0.4) is 0 Å². The minimum absolute atomic E-state index is 0.323. The topological polar surface area (TPSA) is 46.5 Å². The fraction of sp³-hybridized carbons (Fsp3) is 0.154. The first kappa shape index (κ1) is 13.4. The fourth-order valence-corrected chi connectivity index (χ4v) is 2.58. The predicted octanol–water partition coefficient (Wildman–Crippen LogP) is 3.75. The quantitative estimate of drug-likeness (QED) is 0.714. The Morgan fingerprint density at radius 3 is 2.85 bits per heavy atom. The Morgan fingerprint density at radius 1 is 1.35 bits per heavy atom. The molecule has 0 atom stereocenters. The number of halogens is 2. The van der Waals surface area contributed by atoms with Crippen molar-refractivity contribution in [1.29, 1.82) is 0 Å². The van der Waals surface area contributed by atoms with Crippen LogP contribution in [-0.2, 0) is 6.54 Å². The average molecular weight is 353 g/mol. The smallest absolute Gasteiger partial charge is 0.178 e. The Labute approximate surface area is 127 Å². The van der Waals surface area contributed by atoms with Crippen LogP contribution in [0, 0.1) is 17.5 Å². The first-order valence-electron chi connectivity index (χ1n) is 5.89. The van der Waals surface area contributed by atoms with Gasteiger partial charge in [0.15, 0.2) is 4.77 Å². The van der Waals surface area contributed by atoms with E-state index in [1.165, 1.54) is 6.07 Å². The maximum atomic E-state index is 13.5. The Morgan fingerprint density at radius 2 is 2.15 bits per heavy atom. The van der Waals surface area contributed by atoms with E-state index in [0.717, 1.165) is 16.9 Å². The van der Waals surface area contributed by atoms with Gasteiger partial charge < -0.3 is 9.55 Å². The summed E-state index contributed by atoms with van der Waals surface area (Å²) >= 11 is 8.48. The second-order valence-electron chi connectivity index (χ2n) is 4.45. The van der Waals surface area contributed by atoms with Gasteiger partial charge in [0, 0.05) is 12.3 Å². The van der Waals surface area contributed by atoms with Gasteiger partial charge in [-0.3, -0.25) is 9.97 Å². The van der Waals surface area contributed by atoms with Gasteiger partial charge in [0.05, 0.1) is 39.6 Å². The molecular weight excluding hydrogens is 343 g/mol. The van der Waals surface area contributed by atoms with Crippen molar-refractivity contribution in [3.8, 4) is 0 Å². The lowest BCUT2D eigenvalue weighted by molar-refractivity contribution is 0.622. The van der Waals surface area contributed by atoms with Gasteiger partial charge in [-0.05, 0) is 41.1 Å². The van der Waals surface area contributed by atoms with E-state index in [0.29, 0.717) is 21.3 Å². The molecule has 0 fully saturated rings. The number of aryl methyl sites for hydroxylation is 1. The van der Waals surface area contributed by atoms with Crippen LogP contribution in [0.1, 0.15) is 11.4 Å². The highest BCUT2D eigenvalue weighted by Crippen LogP contribution is 2.23. The van der Waals surface area contributed by atoms with Gasteiger partial charge in [-0.25, -0.2) is 4.39 Å². The summed E-state index contributed by atoms with van der Waals surface area (Å²) in [6.07, 6.45) is 3.43. The highest BCUT2D eigenvalue weighted by atomic mass is 79.9. The van der Waals surface area contributed by atoms with Crippen molar-refractivity contribution < 1.29 is 4.39 Å². The monoisotopic (exact) mass is 352 g/mol. The lowest BCUT2D eigenvalue weighted by atomic mass is 10.3. The number of imidazole rings is 1. The van der Waals surface area contributed by atoms with E-state index in [9.17, 15) is 4.39 Å². The van der Waals surface area contributed by atoms with Gasteiger partial charge >= 0.3 is 0 Å². The summed E-state index contributed by atoms with van der Waals surface area (Å²) in [5.74, 6) is -0.323. The van der Waals surface area contributed by atoms with Gasteiger partial charge in [0.25, 0.3) is 0 Å². The van der Waals surface area contributed by atoms with E-state index < -0.39 is 0 Å². The molecule has 1 aromatic carbocycles. The molecule has 20 heavy (non-hydrogen) atoms. The van der Waals surface area contributed by atoms with Crippen molar-refractivity contribution in [3.63, 3.8) is 0 Å². The van der Waals surface area contributed by atoms with E-state index in [4.69, 9.17) is 12.2 Å². The summed E-state index contributed by atoms with van der Waals surface area (Å²) in [6.45, 7) is 2.37. The number of hydrogen-bond acceptors (Lipinski definition) is 3. The molecule has 0 saturated carbocycles. The molecule has 0 unspecified atom stereocenters. The summed E-state index contributed by atoms with van der Waals surface area (Å²) in [4.78, 5) is 11.5. The van der Waals surface area contributed by atoms with Crippen LogP contribution in [0.5, 0.6) is 0 Å². The summed E-state index contributed by atoms with van der Waals surface area (Å²) < 4.78 is 16.3. The molecule has 0 aliphatic rings. The zero-order valence-corrected chi connectivity index (χ0v) is 12.9. The zero-order valence-electron chi connectivity index (χ0n) is 10.5. The predicted molar refractivity (Wildman–Crippen MR) is 80.7 cm³/mol. The molecule has 0 aliphatic carbocycles. The van der Waals surface area contributed by atoms with Crippen LogP contribution in [-0.4, -0.2) is 19.5 Å². The second kappa shape index (κ2) is 5.06. The lowest BCUT2D eigenvalue weighted by Crippen LogP contribution is -2.03. The SMILES string of the molecule is Cc1cnc(Cn2c(=S)[nH]c3cc(F)c(Br)cc32)cn1. The first-order valence-corrected chi connectivity index (χ1v) is 7.10. The maximum Gasteiger partial charge on any atom is 0.178 e. The van der Waals surface area contributed by atoms with Crippen LogP contribution in [0.15, 0.2) is 29.0 Å². The molecule has 4 nitrogen and oxygen atoms in total. The van der Waals surface area contributed by atoms with Crippen molar-refractivity contribution in [2.75, 3.05) is 0 Å². The van der Waals surface area contributed by atoms with E-state index in [1.807, 2.05) is 11.5 Å². The van der Waals surface area contributed by atoms with Gasteiger partial charge in [0.2, 0.25) is 0 Å². The van der Waals surface area contributed by atoms with Crippen molar-refractivity contribution >= 4 is 39.2 Å². The second-order valence-corrected chi connectivity index (χ2v) is 5.69. The van der Waals surface area contributed by atoms with Crippen LogP contribution in [0.2, 0.25) is 0 Å². The number of fused-ring (bicyclic) bond motifs is 1. The molecule has 2 heterocycles. The largest absolute Gasteiger partial charge is 0.330 e. The van der Waals surface area contributed by atoms with E-state index in [-0.39, 0.29) is 5.82 Å². The molecular formula is C13H10BrFN4S. The normalized spacial score (nSPS) is 11.2. The molecule has 7 heteroatoms. The summed E-state index contributed by atoms with van der Waals surface area (Å²) in [5, 5.41) is 0. The third-order valence-corrected chi connectivity index (χ3v) is 3.90. The van der Waals surface area contributed by atoms with Crippen LogP contribution >= 0.6 is 28.1 Å². The van der Waals surface area contributed by atoms with Crippen LogP contribution < -0.4 is 0 Å². The Bertz CT molecular complexity index is 838. The number of H-pyrrole nitrogens is 1. The zero-order chi connectivity index (χ0) is 14.3. The van der Waals surface area contributed by atoms with Crippen molar-refractivity contribution in [3.05, 3.63) is 51.0 Å². The summed E-state index contributed by atoms with van der Waals surface area (Å²) in [5.41, 5.74) is 3.15.